The lowest BCUT2D eigenvalue weighted by atomic mass is 10.1. The Morgan fingerprint density at radius 3 is 2.28 bits per heavy atom. The highest BCUT2D eigenvalue weighted by Crippen LogP contribution is 2.32. The van der Waals surface area contributed by atoms with Crippen LogP contribution in [0.5, 0.6) is 0 Å². The van der Waals surface area contributed by atoms with Crippen LogP contribution < -0.4 is 4.90 Å². The molecule has 1 saturated heterocycles. The molecule has 0 N–H and O–H groups in total. The number of hydrogen-bond donors (Lipinski definition) is 0. The van der Waals surface area contributed by atoms with E-state index in [-0.39, 0.29) is 5.56 Å². The van der Waals surface area contributed by atoms with Crippen molar-refractivity contribution in [3.8, 4) is 0 Å². The van der Waals surface area contributed by atoms with Crippen LogP contribution >= 0.6 is 0 Å². The van der Waals surface area contributed by atoms with Gasteiger partial charge in [0.25, 0.3) is 0 Å². The van der Waals surface area contributed by atoms with E-state index < -0.39 is 11.9 Å². The van der Waals surface area contributed by atoms with Gasteiger partial charge in [0, 0.05) is 31.7 Å². The molecule has 0 unspecified atom stereocenters. The molecule has 25 heavy (non-hydrogen) atoms. The van der Waals surface area contributed by atoms with Gasteiger partial charge in [-0.25, -0.2) is 0 Å². The molecule has 1 aromatic carbocycles. The summed E-state index contributed by atoms with van der Waals surface area (Å²) in [6.45, 7) is 3.13. The molecule has 0 bridgehead atoms. The Bertz CT molecular complexity index is 736. The molecule has 4 nitrogen and oxygen atoms in total. The van der Waals surface area contributed by atoms with Crippen molar-refractivity contribution in [3.05, 3.63) is 53.2 Å². The zero-order chi connectivity index (χ0) is 17.9. The highest BCUT2D eigenvalue weighted by Gasteiger charge is 2.36. The van der Waals surface area contributed by atoms with E-state index in [1.807, 2.05) is 42.3 Å². The SMILES string of the molecule is CN1CCN(c2cc(C=Cc3ccccc3)c(C(F)(F)F)nn2)CC1. The van der Waals surface area contributed by atoms with Gasteiger partial charge in [0.15, 0.2) is 11.5 Å². The number of rotatable bonds is 3. The zero-order valence-electron chi connectivity index (χ0n) is 13.9. The number of alkyl halides is 3. The minimum absolute atomic E-state index is 0.0280. The Labute approximate surface area is 144 Å². The summed E-state index contributed by atoms with van der Waals surface area (Å²) < 4.78 is 39.7. The highest BCUT2D eigenvalue weighted by molar-refractivity contribution is 5.72. The molecule has 2 aromatic rings. The van der Waals surface area contributed by atoms with Crippen molar-refractivity contribution < 1.29 is 13.2 Å². The lowest BCUT2D eigenvalue weighted by molar-refractivity contribution is -0.141. The maximum absolute atomic E-state index is 13.2. The number of benzene rings is 1. The lowest BCUT2D eigenvalue weighted by Crippen LogP contribution is -2.45. The van der Waals surface area contributed by atoms with Crippen molar-refractivity contribution in [3.63, 3.8) is 0 Å². The Morgan fingerprint density at radius 2 is 1.64 bits per heavy atom. The smallest absolute Gasteiger partial charge is 0.353 e. The van der Waals surface area contributed by atoms with Gasteiger partial charge in [0.1, 0.15) is 0 Å². The lowest BCUT2D eigenvalue weighted by Gasteiger charge is -2.33. The largest absolute Gasteiger partial charge is 0.435 e. The zero-order valence-corrected chi connectivity index (χ0v) is 13.9. The van der Waals surface area contributed by atoms with Gasteiger partial charge in [0.2, 0.25) is 0 Å². The van der Waals surface area contributed by atoms with Crippen LogP contribution in [0.2, 0.25) is 0 Å². The summed E-state index contributed by atoms with van der Waals surface area (Å²) in [5, 5.41) is 7.29. The van der Waals surface area contributed by atoms with E-state index in [1.54, 1.807) is 6.08 Å². The third-order valence-corrected chi connectivity index (χ3v) is 4.16. The molecule has 0 aliphatic carbocycles. The van der Waals surface area contributed by atoms with Crippen LogP contribution in [0.3, 0.4) is 0 Å². The van der Waals surface area contributed by atoms with Crippen molar-refractivity contribution in [2.75, 3.05) is 38.1 Å². The number of aromatic nitrogens is 2. The highest BCUT2D eigenvalue weighted by atomic mass is 19.4. The van der Waals surface area contributed by atoms with Gasteiger partial charge in [-0.15, -0.1) is 10.2 Å². The predicted molar refractivity (Wildman–Crippen MR) is 92.1 cm³/mol. The van der Waals surface area contributed by atoms with Crippen LogP contribution in [0.4, 0.5) is 19.0 Å². The third kappa shape index (κ3) is 4.36. The van der Waals surface area contributed by atoms with E-state index in [0.717, 1.165) is 31.7 Å². The second-order valence-corrected chi connectivity index (χ2v) is 6.04. The first-order chi connectivity index (χ1) is 11.9. The number of nitrogens with zero attached hydrogens (tertiary/aromatic N) is 4. The monoisotopic (exact) mass is 348 g/mol. The molecule has 2 heterocycles. The number of piperazine rings is 1. The molecule has 7 heteroatoms. The Morgan fingerprint density at radius 1 is 0.960 bits per heavy atom. The number of halogens is 3. The molecule has 0 amide bonds. The third-order valence-electron chi connectivity index (χ3n) is 4.16. The van der Waals surface area contributed by atoms with Gasteiger partial charge in [0.05, 0.1) is 0 Å². The van der Waals surface area contributed by atoms with E-state index >= 15 is 0 Å². The van der Waals surface area contributed by atoms with Gasteiger partial charge >= 0.3 is 6.18 Å². The van der Waals surface area contributed by atoms with Crippen LogP contribution in [0.15, 0.2) is 36.4 Å². The van der Waals surface area contributed by atoms with E-state index in [0.29, 0.717) is 5.82 Å². The van der Waals surface area contributed by atoms with Crippen LogP contribution in [0.25, 0.3) is 12.2 Å². The molecule has 1 aliphatic rings. The van der Waals surface area contributed by atoms with Gasteiger partial charge in [-0.3, -0.25) is 0 Å². The Balaban J connectivity index is 1.92. The van der Waals surface area contributed by atoms with Crippen molar-refractivity contribution >= 4 is 18.0 Å². The van der Waals surface area contributed by atoms with E-state index in [2.05, 4.69) is 15.1 Å². The molecule has 0 radical (unpaired) electrons. The molecule has 1 aliphatic heterocycles. The first-order valence-corrected chi connectivity index (χ1v) is 8.05. The van der Waals surface area contributed by atoms with Gasteiger partial charge in [-0.1, -0.05) is 42.5 Å². The summed E-state index contributed by atoms with van der Waals surface area (Å²) >= 11 is 0. The molecule has 0 atom stereocenters. The minimum Gasteiger partial charge on any atom is -0.353 e. The van der Waals surface area contributed by atoms with E-state index in [4.69, 9.17) is 0 Å². The molecule has 132 valence electrons. The minimum atomic E-state index is -4.54. The number of hydrogen-bond acceptors (Lipinski definition) is 4. The average Bonchev–Trinajstić information content (AvgIpc) is 2.60. The standard InChI is InChI=1S/C18H19F3N4/c1-24-9-11-25(12-10-24)16-13-15(17(23-22-16)18(19,20)21)8-7-14-5-3-2-4-6-14/h2-8,13H,9-12H2,1H3. The molecule has 3 rings (SSSR count). The maximum Gasteiger partial charge on any atom is 0.435 e. The normalized spacial score (nSPS) is 16.6. The molecular weight excluding hydrogens is 329 g/mol. The summed E-state index contributed by atoms with van der Waals surface area (Å²) in [5.41, 5.74) is -0.105. The van der Waals surface area contributed by atoms with E-state index in [1.165, 1.54) is 12.1 Å². The van der Waals surface area contributed by atoms with Crippen LogP contribution in [-0.4, -0.2) is 48.3 Å². The fourth-order valence-electron chi connectivity index (χ4n) is 2.68. The summed E-state index contributed by atoms with van der Waals surface area (Å²) in [4.78, 5) is 4.14. The summed E-state index contributed by atoms with van der Waals surface area (Å²) in [6.07, 6.45) is -1.43. The molecule has 1 aromatic heterocycles. The number of likely N-dealkylation sites (N-methyl/N-ethyl adjacent to an activating group) is 1. The van der Waals surface area contributed by atoms with Crippen LogP contribution in [0.1, 0.15) is 16.8 Å². The fraction of sp³-hybridized carbons (Fsp3) is 0.333. The topological polar surface area (TPSA) is 32.3 Å². The van der Waals surface area contributed by atoms with Crippen molar-refractivity contribution in [2.24, 2.45) is 0 Å². The first-order valence-electron chi connectivity index (χ1n) is 8.05. The van der Waals surface area contributed by atoms with Crippen molar-refractivity contribution in [1.29, 1.82) is 0 Å². The maximum atomic E-state index is 13.2. The summed E-state index contributed by atoms with van der Waals surface area (Å²) in [5.74, 6) is 0.480. The molecule has 1 fully saturated rings. The average molecular weight is 348 g/mol. The van der Waals surface area contributed by atoms with Crippen molar-refractivity contribution in [1.82, 2.24) is 15.1 Å². The predicted octanol–water partition coefficient (Wildman–Crippen LogP) is 3.42. The van der Waals surface area contributed by atoms with Crippen LogP contribution in [0, 0.1) is 0 Å². The molecular formula is C18H19F3N4. The van der Waals surface area contributed by atoms with Crippen LogP contribution in [-0.2, 0) is 6.18 Å². The van der Waals surface area contributed by atoms with Gasteiger partial charge < -0.3 is 9.80 Å². The van der Waals surface area contributed by atoms with Gasteiger partial charge in [-0.05, 0) is 18.7 Å². The summed E-state index contributed by atoms with van der Waals surface area (Å²) in [6, 6.07) is 10.7. The van der Waals surface area contributed by atoms with E-state index in [9.17, 15) is 13.2 Å². The van der Waals surface area contributed by atoms with Crippen molar-refractivity contribution in [2.45, 2.75) is 6.18 Å². The second kappa shape index (κ2) is 7.23. The molecule has 0 saturated carbocycles. The fourth-order valence-corrected chi connectivity index (χ4v) is 2.68. The molecule has 0 spiro atoms. The number of anilines is 1. The first kappa shape index (κ1) is 17.4. The Hall–Kier alpha value is -2.41. The quantitative estimate of drug-likeness (QED) is 0.851. The summed E-state index contributed by atoms with van der Waals surface area (Å²) in [7, 11) is 2.02. The Kier molecular flexibility index (Phi) is 5.03. The van der Waals surface area contributed by atoms with Gasteiger partial charge in [-0.2, -0.15) is 13.2 Å². The second-order valence-electron chi connectivity index (χ2n) is 6.04.